The molecule has 1 rings (SSSR count). The van der Waals surface area contributed by atoms with Gasteiger partial charge in [-0.1, -0.05) is 20.3 Å². The lowest BCUT2D eigenvalue weighted by molar-refractivity contribution is -0.122. The highest BCUT2D eigenvalue weighted by atomic mass is 16.1. The van der Waals surface area contributed by atoms with Crippen molar-refractivity contribution < 1.29 is 4.79 Å². The molecule has 4 nitrogen and oxygen atoms in total. The van der Waals surface area contributed by atoms with Crippen LogP contribution in [0.3, 0.4) is 0 Å². The number of nitrogens with one attached hydrogen (secondary N) is 1. The molecule has 1 fully saturated rings. The fraction of sp³-hybridized carbons (Fsp3) is 0.929. The van der Waals surface area contributed by atoms with Crippen LogP contribution in [0.5, 0.6) is 0 Å². The average Bonchev–Trinajstić information content (AvgIpc) is 3.19. The van der Waals surface area contributed by atoms with E-state index in [2.05, 4.69) is 24.1 Å². The van der Waals surface area contributed by atoms with Gasteiger partial charge in [0.25, 0.3) is 0 Å². The van der Waals surface area contributed by atoms with E-state index in [-0.39, 0.29) is 11.9 Å². The molecule has 1 unspecified atom stereocenters. The molecule has 1 aliphatic rings. The number of rotatable bonds is 10. The van der Waals surface area contributed by atoms with Crippen LogP contribution >= 0.6 is 0 Å². The van der Waals surface area contributed by atoms with Crippen molar-refractivity contribution in [2.75, 3.05) is 19.6 Å². The van der Waals surface area contributed by atoms with Crippen molar-refractivity contribution in [2.45, 2.75) is 64.5 Å². The Bertz CT molecular complexity index is 241. The fourth-order valence-corrected chi connectivity index (χ4v) is 2.30. The zero-order chi connectivity index (χ0) is 13.4. The number of nitrogens with two attached hydrogens (primary N) is 1. The molecule has 0 aromatic heterocycles. The third-order valence-electron chi connectivity index (χ3n) is 3.52. The van der Waals surface area contributed by atoms with Gasteiger partial charge in [-0.25, -0.2) is 0 Å². The molecule has 0 spiro atoms. The third kappa shape index (κ3) is 5.36. The maximum atomic E-state index is 11.8. The first-order valence-corrected chi connectivity index (χ1v) is 7.45. The first-order chi connectivity index (χ1) is 8.72. The molecule has 1 atom stereocenters. The van der Waals surface area contributed by atoms with Crippen molar-refractivity contribution in [2.24, 2.45) is 5.73 Å². The lowest BCUT2D eigenvalue weighted by atomic mass is 10.1. The van der Waals surface area contributed by atoms with Crippen molar-refractivity contribution in [1.29, 1.82) is 0 Å². The van der Waals surface area contributed by atoms with E-state index < -0.39 is 0 Å². The van der Waals surface area contributed by atoms with Crippen LogP contribution in [0.4, 0.5) is 0 Å². The predicted octanol–water partition coefficient (Wildman–Crippen LogP) is 1.49. The Kier molecular flexibility index (Phi) is 7.28. The summed E-state index contributed by atoms with van der Waals surface area (Å²) in [6, 6.07) is 0.907. The Morgan fingerprint density at radius 3 is 2.61 bits per heavy atom. The van der Waals surface area contributed by atoms with Crippen molar-refractivity contribution in [3.63, 3.8) is 0 Å². The smallest absolute Gasteiger partial charge is 0.221 e. The topological polar surface area (TPSA) is 58.4 Å². The van der Waals surface area contributed by atoms with E-state index in [0.29, 0.717) is 19.0 Å². The SMILES string of the molecule is CCCCN(C1CC1)C(CN)CC(=O)NCCC. The maximum Gasteiger partial charge on any atom is 0.221 e. The first-order valence-electron chi connectivity index (χ1n) is 7.45. The highest BCUT2D eigenvalue weighted by Gasteiger charge is 2.33. The van der Waals surface area contributed by atoms with Gasteiger partial charge in [-0.05, 0) is 32.2 Å². The molecular formula is C14H29N3O. The largest absolute Gasteiger partial charge is 0.356 e. The molecule has 1 amide bonds. The minimum atomic E-state index is 0.148. The van der Waals surface area contributed by atoms with Gasteiger partial charge in [0.05, 0.1) is 0 Å². The Morgan fingerprint density at radius 1 is 1.39 bits per heavy atom. The molecular weight excluding hydrogens is 226 g/mol. The number of amides is 1. The van der Waals surface area contributed by atoms with E-state index in [0.717, 1.165) is 19.5 Å². The zero-order valence-corrected chi connectivity index (χ0v) is 12.0. The highest BCUT2D eigenvalue weighted by Crippen LogP contribution is 2.29. The maximum absolute atomic E-state index is 11.8. The number of hydrogen-bond acceptors (Lipinski definition) is 3. The Morgan fingerprint density at radius 2 is 2.11 bits per heavy atom. The summed E-state index contributed by atoms with van der Waals surface area (Å²) >= 11 is 0. The second-order valence-electron chi connectivity index (χ2n) is 5.27. The molecule has 0 aliphatic heterocycles. The summed E-state index contributed by atoms with van der Waals surface area (Å²) in [7, 11) is 0. The first kappa shape index (κ1) is 15.4. The molecule has 0 bridgehead atoms. The van der Waals surface area contributed by atoms with Gasteiger partial charge >= 0.3 is 0 Å². The van der Waals surface area contributed by atoms with Crippen molar-refractivity contribution in [3.05, 3.63) is 0 Å². The van der Waals surface area contributed by atoms with Crippen LogP contribution in [-0.2, 0) is 4.79 Å². The lowest BCUT2D eigenvalue weighted by Crippen LogP contribution is -2.45. The van der Waals surface area contributed by atoms with Gasteiger partial charge in [0.15, 0.2) is 0 Å². The second-order valence-corrected chi connectivity index (χ2v) is 5.27. The molecule has 0 aromatic rings. The molecule has 106 valence electrons. The minimum absolute atomic E-state index is 0.148. The third-order valence-corrected chi connectivity index (χ3v) is 3.52. The summed E-state index contributed by atoms with van der Waals surface area (Å²) in [5.41, 5.74) is 5.87. The van der Waals surface area contributed by atoms with E-state index >= 15 is 0 Å². The molecule has 0 heterocycles. The van der Waals surface area contributed by atoms with E-state index in [9.17, 15) is 4.79 Å². The molecule has 0 radical (unpaired) electrons. The molecule has 18 heavy (non-hydrogen) atoms. The van der Waals surface area contributed by atoms with Crippen LogP contribution in [0.15, 0.2) is 0 Å². The summed E-state index contributed by atoms with van der Waals surface area (Å²) in [5, 5.41) is 2.95. The number of hydrogen-bond donors (Lipinski definition) is 2. The van der Waals surface area contributed by atoms with Gasteiger partial charge in [-0.3, -0.25) is 9.69 Å². The van der Waals surface area contributed by atoms with Crippen molar-refractivity contribution in [1.82, 2.24) is 10.2 Å². The van der Waals surface area contributed by atoms with Gasteiger partial charge in [0, 0.05) is 31.6 Å². The Labute approximate surface area is 111 Å². The molecule has 0 aromatic carbocycles. The van der Waals surface area contributed by atoms with Gasteiger partial charge in [0.1, 0.15) is 0 Å². The summed E-state index contributed by atoms with van der Waals surface area (Å²) in [6.45, 7) is 6.72. The van der Waals surface area contributed by atoms with E-state index in [1.807, 2.05) is 0 Å². The molecule has 1 aliphatic carbocycles. The van der Waals surface area contributed by atoms with Crippen LogP contribution in [-0.4, -0.2) is 42.5 Å². The van der Waals surface area contributed by atoms with Crippen LogP contribution < -0.4 is 11.1 Å². The number of carbonyl (C=O) groups is 1. The average molecular weight is 255 g/mol. The molecule has 0 saturated heterocycles. The molecule has 1 saturated carbocycles. The summed E-state index contributed by atoms with van der Waals surface area (Å²) in [6.07, 6.45) is 6.48. The van der Waals surface area contributed by atoms with Crippen LogP contribution in [0.2, 0.25) is 0 Å². The van der Waals surface area contributed by atoms with Crippen LogP contribution in [0.1, 0.15) is 52.4 Å². The summed E-state index contributed by atoms with van der Waals surface area (Å²) < 4.78 is 0. The van der Waals surface area contributed by atoms with Crippen LogP contribution in [0, 0.1) is 0 Å². The zero-order valence-electron chi connectivity index (χ0n) is 12.0. The quantitative estimate of drug-likeness (QED) is 0.622. The van der Waals surface area contributed by atoms with Gasteiger partial charge < -0.3 is 11.1 Å². The van der Waals surface area contributed by atoms with Crippen molar-refractivity contribution in [3.8, 4) is 0 Å². The molecule has 3 N–H and O–H groups in total. The molecule has 4 heteroatoms. The number of nitrogens with zero attached hydrogens (tertiary/aromatic N) is 1. The Balaban J connectivity index is 2.42. The minimum Gasteiger partial charge on any atom is -0.356 e. The normalized spacial score (nSPS) is 16.9. The number of unbranched alkanes of at least 4 members (excludes halogenated alkanes) is 1. The van der Waals surface area contributed by atoms with Gasteiger partial charge in [-0.15, -0.1) is 0 Å². The summed E-state index contributed by atoms with van der Waals surface area (Å²) in [5.74, 6) is 0.148. The van der Waals surface area contributed by atoms with E-state index in [1.54, 1.807) is 0 Å². The van der Waals surface area contributed by atoms with Crippen LogP contribution in [0.25, 0.3) is 0 Å². The standard InChI is InChI=1S/C14H29N3O/c1-3-5-9-17(12-6-7-12)13(11-15)10-14(18)16-8-4-2/h12-13H,3-11,15H2,1-2H3,(H,16,18). The summed E-state index contributed by atoms with van der Waals surface area (Å²) in [4.78, 5) is 14.3. The lowest BCUT2D eigenvalue weighted by Gasteiger charge is -2.30. The van der Waals surface area contributed by atoms with Crippen molar-refractivity contribution >= 4 is 5.91 Å². The fourth-order valence-electron chi connectivity index (χ4n) is 2.30. The second kappa shape index (κ2) is 8.48. The number of carbonyl (C=O) groups excluding carboxylic acids is 1. The predicted molar refractivity (Wildman–Crippen MR) is 75.4 cm³/mol. The van der Waals surface area contributed by atoms with Gasteiger partial charge in [-0.2, -0.15) is 0 Å². The van der Waals surface area contributed by atoms with E-state index in [4.69, 9.17) is 5.73 Å². The van der Waals surface area contributed by atoms with E-state index in [1.165, 1.54) is 25.7 Å². The monoisotopic (exact) mass is 255 g/mol. The highest BCUT2D eigenvalue weighted by molar-refractivity contribution is 5.76. The van der Waals surface area contributed by atoms with Gasteiger partial charge in [0.2, 0.25) is 5.91 Å². The Hall–Kier alpha value is -0.610.